The lowest BCUT2D eigenvalue weighted by Gasteiger charge is -2.08. The van der Waals surface area contributed by atoms with Crippen LogP contribution in [0, 0.1) is 0 Å². The van der Waals surface area contributed by atoms with Gasteiger partial charge >= 0.3 is 0 Å². The highest BCUT2D eigenvalue weighted by Gasteiger charge is 1.99. The van der Waals surface area contributed by atoms with E-state index in [1.165, 1.54) is 0 Å². The second kappa shape index (κ2) is 10.1. The van der Waals surface area contributed by atoms with Gasteiger partial charge in [0.25, 0.3) is 0 Å². The van der Waals surface area contributed by atoms with Crippen molar-refractivity contribution < 1.29 is 19.0 Å². The molecule has 0 bridgehead atoms. The Morgan fingerprint density at radius 1 is 1.05 bits per heavy atom. The van der Waals surface area contributed by atoms with Gasteiger partial charge in [0.2, 0.25) is 5.91 Å². The van der Waals surface area contributed by atoms with Crippen LogP contribution >= 0.6 is 0 Å². The van der Waals surface area contributed by atoms with E-state index in [4.69, 9.17) is 14.2 Å². The normalized spacial score (nSPS) is 10.1. The molecule has 112 valence electrons. The molecule has 0 fully saturated rings. The van der Waals surface area contributed by atoms with Crippen LogP contribution in [0.3, 0.4) is 0 Å². The highest BCUT2D eigenvalue weighted by molar-refractivity contribution is 5.77. The molecule has 0 aliphatic carbocycles. The van der Waals surface area contributed by atoms with Crippen LogP contribution in [-0.2, 0) is 9.53 Å². The summed E-state index contributed by atoms with van der Waals surface area (Å²) in [6, 6.07) is 7.37. The molecule has 1 amide bonds. The summed E-state index contributed by atoms with van der Waals surface area (Å²) >= 11 is 0. The van der Waals surface area contributed by atoms with Gasteiger partial charge in [0.1, 0.15) is 18.1 Å². The van der Waals surface area contributed by atoms with Gasteiger partial charge in [-0.1, -0.05) is 0 Å². The van der Waals surface area contributed by atoms with E-state index in [0.29, 0.717) is 26.3 Å². The molecule has 1 rings (SSSR count). The van der Waals surface area contributed by atoms with Crippen LogP contribution in [0.4, 0.5) is 0 Å². The Morgan fingerprint density at radius 2 is 1.75 bits per heavy atom. The average Bonchev–Trinajstić information content (AvgIpc) is 2.48. The minimum absolute atomic E-state index is 0.0495. The molecule has 20 heavy (non-hydrogen) atoms. The molecule has 0 spiro atoms. The third-order valence-corrected chi connectivity index (χ3v) is 2.52. The molecule has 0 saturated heterocycles. The van der Waals surface area contributed by atoms with Crippen LogP contribution in [0.15, 0.2) is 24.3 Å². The van der Waals surface area contributed by atoms with E-state index in [2.05, 4.69) is 10.6 Å². The molecule has 0 radical (unpaired) electrons. The molecule has 2 N–H and O–H groups in total. The highest BCUT2D eigenvalue weighted by Crippen LogP contribution is 2.16. The summed E-state index contributed by atoms with van der Waals surface area (Å²) in [5, 5.41) is 5.73. The first-order valence-corrected chi connectivity index (χ1v) is 6.49. The standard InChI is InChI=1S/C14H22N2O4/c1-18-9-8-16-14(17)11-15-7-10-20-13-5-3-12(19-2)4-6-13/h3-6,15H,7-11H2,1-2H3,(H,16,17). The maximum atomic E-state index is 11.3. The Bertz CT molecular complexity index is 381. The Balaban J connectivity index is 2.05. The van der Waals surface area contributed by atoms with Gasteiger partial charge in [-0.15, -0.1) is 0 Å². The molecule has 0 unspecified atom stereocenters. The molecule has 0 aliphatic heterocycles. The zero-order chi connectivity index (χ0) is 14.6. The van der Waals surface area contributed by atoms with Crippen molar-refractivity contribution in [3.05, 3.63) is 24.3 Å². The maximum absolute atomic E-state index is 11.3. The summed E-state index contributed by atoms with van der Waals surface area (Å²) in [4.78, 5) is 11.3. The smallest absolute Gasteiger partial charge is 0.234 e. The number of rotatable bonds is 10. The molecule has 0 atom stereocenters. The third kappa shape index (κ3) is 6.96. The summed E-state index contributed by atoms with van der Waals surface area (Å²) < 4.78 is 15.4. The first kappa shape index (κ1) is 16.3. The van der Waals surface area contributed by atoms with Crippen molar-refractivity contribution in [2.75, 3.05) is 47.1 Å². The van der Waals surface area contributed by atoms with Crippen molar-refractivity contribution >= 4 is 5.91 Å². The summed E-state index contributed by atoms with van der Waals surface area (Å²) in [5.41, 5.74) is 0. The Kier molecular flexibility index (Phi) is 8.17. The lowest BCUT2D eigenvalue weighted by atomic mass is 10.3. The lowest BCUT2D eigenvalue weighted by Crippen LogP contribution is -2.36. The Labute approximate surface area is 119 Å². The number of amides is 1. The van der Waals surface area contributed by atoms with E-state index in [0.717, 1.165) is 11.5 Å². The topological polar surface area (TPSA) is 68.8 Å². The van der Waals surface area contributed by atoms with E-state index >= 15 is 0 Å². The second-order valence-electron chi connectivity index (χ2n) is 4.04. The summed E-state index contributed by atoms with van der Waals surface area (Å²) in [7, 11) is 3.22. The molecule has 0 aromatic heterocycles. The van der Waals surface area contributed by atoms with Crippen molar-refractivity contribution in [3.8, 4) is 11.5 Å². The average molecular weight is 282 g/mol. The van der Waals surface area contributed by atoms with Gasteiger partial charge in [-0.2, -0.15) is 0 Å². The van der Waals surface area contributed by atoms with E-state index in [-0.39, 0.29) is 12.5 Å². The number of nitrogens with one attached hydrogen (secondary N) is 2. The fourth-order valence-electron chi connectivity index (χ4n) is 1.47. The fourth-order valence-corrected chi connectivity index (χ4v) is 1.47. The summed E-state index contributed by atoms with van der Waals surface area (Å²) in [6.07, 6.45) is 0. The number of hydrogen-bond acceptors (Lipinski definition) is 5. The van der Waals surface area contributed by atoms with Crippen LogP contribution in [0.1, 0.15) is 0 Å². The maximum Gasteiger partial charge on any atom is 0.234 e. The number of ether oxygens (including phenoxy) is 3. The first-order valence-electron chi connectivity index (χ1n) is 6.49. The van der Waals surface area contributed by atoms with Crippen LogP contribution in [0.2, 0.25) is 0 Å². The van der Waals surface area contributed by atoms with Gasteiger partial charge in [0.15, 0.2) is 0 Å². The number of carbonyl (C=O) groups excluding carboxylic acids is 1. The molecule has 6 nitrogen and oxygen atoms in total. The fraction of sp³-hybridized carbons (Fsp3) is 0.500. The summed E-state index contributed by atoms with van der Waals surface area (Å²) in [5.74, 6) is 1.52. The highest BCUT2D eigenvalue weighted by atomic mass is 16.5. The van der Waals surface area contributed by atoms with Crippen LogP contribution in [-0.4, -0.2) is 53.0 Å². The Morgan fingerprint density at radius 3 is 2.40 bits per heavy atom. The number of benzene rings is 1. The van der Waals surface area contributed by atoms with Gasteiger partial charge in [-0.25, -0.2) is 0 Å². The minimum atomic E-state index is -0.0495. The van der Waals surface area contributed by atoms with Gasteiger partial charge in [-0.3, -0.25) is 4.79 Å². The Hall–Kier alpha value is -1.79. The van der Waals surface area contributed by atoms with Crippen LogP contribution < -0.4 is 20.1 Å². The van der Waals surface area contributed by atoms with Crippen molar-refractivity contribution in [3.63, 3.8) is 0 Å². The number of hydrogen-bond donors (Lipinski definition) is 2. The quantitative estimate of drug-likeness (QED) is 0.609. The predicted molar refractivity (Wildman–Crippen MR) is 76.2 cm³/mol. The minimum Gasteiger partial charge on any atom is -0.497 e. The first-order chi connectivity index (χ1) is 9.76. The molecule has 0 saturated carbocycles. The lowest BCUT2D eigenvalue weighted by molar-refractivity contribution is -0.120. The number of carbonyl (C=O) groups is 1. The second-order valence-corrected chi connectivity index (χ2v) is 4.04. The van der Waals surface area contributed by atoms with Crippen LogP contribution in [0.25, 0.3) is 0 Å². The van der Waals surface area contributed by atoms with E-state index in [1.807, 2.05) is 24.3 Å². The van der Waals surface area contributed by atoms with Crippen LogP contribution in [0.5, 0.6) is 11.5 Å². The summed E-state index contributed by atoms with van der Waals surface area (Å²) in [6.45, 7) is 2.42. The van der Waals surface area contributed by atoms with Crippen molar-refractivity contribution in [2.45, 2.75) is 0 Å². The molecule has 0 aliphatic rings. The monoisotopic (exact) mass is 282 g/mol. The van der Waals surface area contributed by atoms with E-state index < -0.39 is 0 Å². The molecular weight excluding hydrogens is 260 g/mol. The van der Waals surface area contributed by atoms with Gasteiger partial charge < -0.3 is 24.8 Å². The SMILES string of the molecule is COCCNC(=O)CNCCOc1ccc(OC)cc1. The predicted octanol–water partition coefficient (Wildman–Crippen LogP) is 0.426. The van der Waals surface area contributed by atoms with Gasteiger partial charge in [-0.05, 0) is 24.3 Å². The molecule has 1 aromatic carbocycles. The van der Waals surface area contributed by atoms with Gasteiger partial charge in [0, 0.05) is 20.2 Å². The molecular formula is C14H22N2O4. The van der Waals surface area contributed by atoms with E-state index in [1.54, 1.807) is 14.2 Å². The molecule has 6 heteroatoms. The molecule has 1 aromatic rings. The van der Waals surface area contributed by atoms with E-state index in [9.17, 15) is 4.79 Å². The van der Waals surface area contributed by atoms with Gasteiger partial charge in [0.05, 0.1) is 20.3 Å². The zero-order valence-corrected chi connectivity index (χ0v) is 12.0. The van der Waals surface area contributed by atoms with Crippen molar-refractivity contribution in [1.29, 1.82) is 0 Å². The van der Waals surface area contributed by atoms with Crippen molar-refractivity contribution in [1.82, 2.24) is 10.6 Å². The zero-order valence-electron chi connectivity index (χ0n) is 12.0. The number of methoxy groups -OCH3 is 2. The van der Waals surface area contributed by atoms with Crippen molar-refractivity contribution in [2.24, 2.45) is 0 Å². The third-order valence-electron chi connectivity index (χ3n) is 2.52. The largest absolute Gasteiger partial charge is 0.497 e. The molecule has 0 heterocycles.